The lowest BCUT2D eigenvalue weighted by Crippen LogP contribution is -2.11. The van der Waals surface area contributed by atoms with Crippen molar-refractivity contribution in [1.29, 1.82) is 0 Å². The number of hydrogen-bond donors (Lipinski definition) is 1. The molecule has 1 amide bonds. The summed E-state index contributed by atoms with van der Waals surface area (Å²) in [5, 5.41) is 2.71. The zero-order chi connectivity index (χ0) is 18.9. The van der Waals surface area contributed by atoms with Gasteiger partial charge >= 0.3 is 0 Å². The molecule has 0 aliphatic carbocycles. The van der Waals surface area contributed by atoms with E-state index in [2.05, 4.69) is 29.6 Å². The number of carbonyl (C=O) groups excluding carboxylic acids is 2. The van der Waals surface area contributed by atoms with E-state index >= 15 is 0 Å². The predicted molar refractivity (Wildman–Crippen MR) is 109 cm³/mol. The number of ketones is 1. The number of benzene rings is 1. The van der Waals surface area contributed by atoms with Gasteiger partial charge in [0.2, 0.25) is 6.41 Å². The van der Waals surface area contributed by atoms with E-state index in [0.29, 0.717) is 6.42 Å². The first-order valence-electron chi connectivity index (χ1n) is 10.5. The van der Waals surface area contributed by atoms with Gasteiger partial charge in [-0.1, -0.05) is 82.1 Å². The van der Waals surface area contributed by atoms with Crippen molar-refractivity contribution in [3.63, 3.8) is 0 Å². The molecule has 0 radical (unpaired) electrons. The second-order valence-electron chi connectivity index (χ2n) is 7.41. The lowest BCUT2D eigenvalue weighted by atomic mass is 10.0. The number of rotatable bonds is 17. The highest BCUT2D eigenvalue weighted by Gasteiger charge is 1.99. The minimum absolute atomic E-state index is 0.227. The number of hydrogen-bond acceptors (Lipinski definition) is 2. The Morgan fingerprint density at radius 1 is 0.769 bits per heavy atom. The lowest BCUT2D eigenvalue weighted by Gasteiger charge is -2.05. The first-order valence-corrected chi connectivity index (χ1v) is 10.5. The smallest absolute Gasteiger partial charge is 0.207 e. The fourth-order valence-electron chi connectivity index (χ4n) is 3.32. The van der Waals surface area contributed by atoms with Crippen LogP contribution in [0.2, 0.25) is 0 Å². The summed E-state index contributed by atoms with van der Waals surface area (Å²) in [4.78, 5) is 21.2. The van der Waals surface area contributed by atoms with Crippen LogP contribution in [0.5, 0.6) is 0 Å². The summed E-state index contributed by atoms with van der Waals surface area (Å²) in [6, 6.07) is 8.53. The van der Waals surface area contributed by atoms with E-state index in [9.17, 15) is 9.59 Å². The second-order valence-corrected chi connectivity index (χ2v) is 7.41. The van der Waals surface area contributed by atoms with Crippen LogP contribution in [0.1, 0.15) is 88.7 Å². The highest BCUT2D eigenvalue weighted by Crippen LogP contribution is 2.13. The number of Topliss-reactive ketones (excluding diaryl/α,β-unsaturated/α-hetero) is 1. The van der Waals surface area contributed by atoms with Crippen molar-refractivity contribution in [2.24, 2.45) is 0 Å². The standard InChI is InChI=1S/C23H37NO2/c1-21(26)19-23-16-14-22(15-17-23)13-11-9-7-5-3-2-4-6-8-10-12-18-24-20-25/h14-17,20H,2-13,18-19H2,1H3,(H,24,25). The summed E-state index contributed by atoms with van der Waals surface area (Å²) in [6.45, 7) is 2.47. The molecule has 1 aromatic rings. The molecule has 0 unspecified atom stereocenters. The molecule has 0 fully saturated rings. The van der Waals surface area contributed by atoms with E-state index in [0.717, 1.165) is 31.4 Å². The molecular weight excluding hydrogens is 322 g/mol. The Bertz CT molecular complexity index is 481. The van der Waals surface area contributed by atoms with Crippen molar-refractivity contribution < 1.29 is 9.59 Å². The van der Waals surface area contributed by atoms with Gasteiger partial charge < -0.3 is 5.32 Å². The van der Waals surface area contributed by atoms with Crippen LogP contribution in [0.4, 0.5) is 0 Å². The predicted octanol–water partition coefficient (Wildman–Crippen LogP) is 5.40. The van der Waals surface area contributed by atoms with Crippen molar-refractivity contribution >= 4 is 12.2 Å². The quantitative estimate of drug-likeness (QED) is 0.299. The molecule has 0 heterocycles. The summed E-state index contributed by atoms with van der Waals surface area (Å²) in [5.41, 5.74) is 2.51. The number of carbonyl (C=O) groups is 2. The molecule has 0 spiro atoms. The number of amides is 1. The zero-order valence-corrected chi connectivity index (χ0v) is 16.6. The summed E-state index contributed by atoms with van der Waals surface area (Å²) in [7, 11) is 0. The second kappa shape index (κ2) is 15.6. The molecule has 3 heteroatoms. The molecule has 3 nitrogen and oxygen atoms in total. The largest absolute Gasteiger partial charge is 0.359 e. The molecule has 1 N–H and O–H groups in total. The van der Waals surface area contributed by atoms with Crippen LogP contribution in [-0.4, -0.2) is 18.7 Å². The Morgan fingerprint density at radius 3 is 1.73 bits per heavy atom. The Labute approximate surface area is 160 Å². The molecule has 0 saturated carbocycles. The van der Waals surface area contributed by atoms with Gasteiger partial charge in [0.1, 0.15) is 5.78 Å². The van der Waals surface area contributed by atoms with Gasteiger partial charge in [-0.15, -0.1) is 0 Å². The first kappa shape index (κ1) is 22.4. The first-order chi connectivity index (χ1) is 12.7. The topological polar surface area (TPSA) is 46.2 Å². The third kappa shape index (κ3) is 12.7. The van der Waals surface area contributed by atoms with E-state index in [4.69, 9.17) is 0 Å². The van der Waals surface area contributed by atoms with E-state index in [-0.39, 0.29) is 5.78 Å². The lowest BCUT2D eigenvalue weighted by molar-refractivity contribution is -0.116. The molecule has 0 atom stereocenters. The highest BCUT2D eigenvalue weighted by atomic mass is 16.1. The fourth-order valence-corrected chi connectivity index (χ4v) is 3.32. The highest BCUT2D eigenvalue weighted by molar-refractivity contribution is 5.78. The molecule has 0 aromatic heterocycles. The van der Waals surface area contributed by atoms with Crippen LogP contribution < -0.4 is 5.32 Å². The van der Waals surface area contributed by atoms with Crippen molar-refractivity contribution in [1.82, 2.24) is 5.32 Å². The molecule has 146 valence electrons. The Hall–Kier alpha value is -1.64. The summed E-state index contributed by atoms with van der Waals surface area (Å²) >= 11 is 0. The molecule has 1 rings (SSSR count). The van der Waals surface area contributed by atoms with Crippen LogP contribution in [0.25, 0.3) is 0 Å². The minimum atomic E-state index is 0.227. The van der Waals surface area contributed by atoms with Crippen LogP contribution in [0.15, 0.2) is 24.3 Å². The van der Waals surface area contributed by atoms with E-state index in [1.807, 2.05) is 0 Å². The molecule has 1 aromatic carbocycles. The van der Waals surface area contributed by atoms with Gasteiger partial charge in [-0.05, 0) is 37.3 Å². The summed E-state index contributed by atoms with van der Waals surface area (Å²) < 4.78 is 0. The maximum atomic E-state index is 11.1. The SMILES string of the molecule is CC(=O)Cc1ccc(CCCCCCCCCCCCCNC=O)cc1. The fraction of sp³-hybridized carbons (Fsp3) is 0.652. The van der Waals surface area contributed by atoms with Gasteiger partial charge in [0.05, 0.1) is 0 Å². The van der Waals surface area contributed by atoms with E-state index in [1.165, 1.54) is 69.8 Å². The van der Waals surface area contributed by atoms with Gasteiger partial charge in [-0.3, -0.25) is 9.59 Å². The van der Waals surface area contributed by atoms with Gasteiger partial charge in [-0.25, -0.2) is 0 Å². The molecule has 0 bridgehead atoms. The van der Waals surface area contributed by atoms with Crippen molar-refractivity contribution in [3.8, 4) is 0 Å². The molecule has 26 heavy (non-hydrogen) atoms. The van der Waals surface area contributed by atoms with Crippen LogP contribution in [0, 0.1) is 0 Å². The number of nitrogens with one attached hydrogen (secondary N) is 1. The van der Waals surface area contributed by atoms with Gasteiger partial charge in [0.25, 0.3) is 0 Å². The molecule has 0 aliphatic rings. The van der Waals surface area contributed by atoms with Gasteiger partial charge in [-0.2, -0.15) is 0 Å². The van der Waals surface area contributed by atoms with Crippen molar-refractivity contribution in [2.45, 2.75) is 90.4 Å². The number of unbranched alkanes of at least 4 members (excludes halogenated alkanes) is 10. The third-order valence-corrected chi connectivity index (χ3v) is 4.85. The molecule has 0 aliphatic heterocycles. The van der Waals surface area contributed by atoms with Gasteiger partial charge in [0, 0.05) is 13.0 Å². The van der Waals surface area contributed by atoms with E-state index < -0.39 is 0 Å². The van der Waals surface area contributed by atoms with Crippen molar-refractivity contribution in [2.75, 3.05) is 6.54 Å². The summed E-state index contributed by atoms with van der Waals surface area (Å²) in [6.07, 6.45) is 16.8. The van der Waals surface area contributed by atoms with Crippen LogP contribution >= 0.6 is 0 Å². The monoisotopic (exact) mass is 359 g/mol. The Morgan fingerprint density at radius 2 is 1.23 bits per heavy atom. The average molecular weight is 360 g/mol. The summed E-state index contributed by atoms with van der Waals surface area (Å²) in [5.74, 6) is 0.227. The Balaban J connectivity index is 1.87. The maximum absolute atomic E-state index is 11.1. The van der Waals surface area contributed by atoms with Crippen LogP contribution in [0.3, 0.4) is 0 Å². The van der Waals surface area contributed by atoms with Gasteiger partial charge in [0.15, 0.2) is 0 Å². The third-order valence-electron chi connectivity index (χ3n) is 4.85. The normalized spacial score (nSPS) is 10.7. The van der Waals surface area contributed by atoms with Crippen molar-refractivity contribution in [3.05, 3.63) is 35.4 Å². The van der Waals surface area contributed by atoms with Crippen LogP contribution in [-0.2, 0) is 22.4 Å². The Kier molecular flexibility index (Phi) is 13.4. The minimum Gasteiger partial charge on any atom is -0.359 e. The zero-order valence-electron chi connectivity index (χ0n) is 16.6. The van der Waals surface area contributed by atoms with E-state index in [1.54, 1.807) is 6.92 Å². The molecular formula is C23H37NO2. The molecule has 0 saturated heterocycles. The average Bonchev–Trinajstić information content (AvgIpc) is 2.63. The maximum Gasteiger partial charge on any atom is 0.207 e. The number of aryl methyl sites for hydroxylation is 1.